The molecule has 1 aromatic heterocycles. The highest BCUT2D eigenvalue weighted by Gasteiger charge is 2.14. The molecule has 0 saturated heterocycles. The zero-order valence-corrected chi connectivity index (χ0v) is 16.2. The van der Waals surface area contributed by atoms with Gasteiger partial charge in [-0.1, -0.05) is 39.8 Å². The van der Waals surface area contributed by atoms with E-state index < -0.39 is 0 Å². The highest BCUT2D eigenvalue weighted by Crippen LogP contribution is 2.25. The number of thioether (sulfide) groups is 1. The number of halogens is 1. The number of nitrogens with zero attached hydrogens (tertiary/aromatic N) is 3. The Balaban J connectivity index is 1.70. The molecule has 1 heterocycles. The summed E-state index contributed by atoms with van der Waals surface area (Å²) in [6.07, 6.45) is 0. The van der Waals surface area contributed by atoms with E-state index in [0.29, 0.717) is 16.5 Å². The minimum atomic E-state index is 0.0616. The van der Waals surface area contributed by atoms with Gasteiger partial charge in [-0.3, -0.25) is 4.79 Å². The molecule has 3 aromatic rings. The Bertz CT molecular complexity index is 876. The molecule has 0 N–H and O–H groups in total. The van der Waals surface area contributed by atoms with E-state index in [1.165, 1.54) is 11.8 Å². The molecule has 0 unspecified atom stereocenters. The fourth-order valence-corrected chi connectivity index (χ4v) is 3.35. The second-order valence-corrected chi connectivity index (χ2v) is 7.17. The first-order valence-electron chi connectivity index (χ1n) is 7.54. The third-order valence-corrected chi connectivity index (χ3v) is 5.23. The van der Waals surface area contributed by atoms with Crippen LogP contribution in [0.4, 0.5) is 0 Å². The Hall–Kier alpha value is -2.12. The number of rotatable bonds is 6. The molecule has 7 heteroatoms. The maximum absolute atomic E-state index is 12.3. The molecular formula is C18H16BrN3O2S. The number of carbonyl (C=O) groups is 1. The Morgan fingerprint density at radius 1 is 1.12 bits per heavy atom. The number of carbonyl (C=O) groups excluding carboxylic acids is 1. The topological polar surface area (TPSA) is 57.0 Å². The van der Waals surface area contributed by atoms with Crippen molar-refractivity contribution in [3.05, 3.63) is 58.6 Å². The SMILES string of the molecule is COc1ccc(-c2nnc(SCC(=O)c3ccc(Br)cc3)n2C)cc1. The van der Waals surface area contributed by atoms with Crippen LogP contribution >= 0.6 is 27.7 Å². The minimum absolute atomic E-state index is 0.0616. The molecule has 0 amide bonds. The Morgan fingerprint density at radius 2 is 1.80 bits per heavy atom. The number of benzene rings is 2. The van der Waals surface area contributed by atoms with Gasteiger partial charge in [-0.2, -0.15) is 0 Å². The minimum Gasteiger partial charge on any atom is -0.497 e. The van der Waals surface area contributed by atoms with Gasteiger partial charge in [0, 0.05) is 22.6 Å². The fourth-order valence-electron chi connectivity index (χ4n) is 2.28. The van der Waals surface area contributed by atoms with Crippen molar-refractivity contribution in [3.8, 4) is 17.1 Å². The number of methoxy groups -OCH3 is 1. The van der Waals surface area contributed by atoms with E-state index in [1.807, 2.05) is 60.1 Å². The summed E-state index contributed by atoms with van der Waals surface area (Å²) in [5.41, 5.74) is 1.63. The van der Waals surface area contributed by atoms with Crippen molar-refractivity contribution in [2.45, 2.75) is 5.16 Å². The zero-order valence-electron chi connectivity index (χ0n) is 13.8. The predicted molar refractivity (Wildman–Crippen MR) is 102 cm³/mol. The summed E-state index contributed by atoms with van der Waals surface area (Å²) in [5.74, 6) is 1.92. The van der Waals surface area contributed by atoms with Gasteiger partial charge in [-0.05, 0) is 36.4 Å². The molecule has 3 rings (SSSR count). The van der Waals surface area contributed by atoms with Gasteiger partial charge in [0.05, 0.1) is 12.9 Å². The first-order valence-corrected chi connectivity index (χ1v) is 9.31. The van der Waals surface area contributed by atoms with E-state index in [4.69, 9.17) is 4.74 Å². The molecule has 0 bridgehead atoms. The number of ether oxygens (including phenoxy) is 1. The van der Waals surface area contributed by atoms with Crippen molar-refractivity contribution < 1.29 is 9.53 Å². The van der Waals surface area contributed by atoms with Gasteiger partial charge in [-0.25, -0.2) is 0 Å². The van der Waals surface area contributed by atoms with Crippen LogP contribution in [-0.2, 0) is 7.05 Å². The lowest BCUT2D eigenvalue weighted by Gasteiger charge is -2.05. The molecule has 0 aliphatic carbocycles. The van der Waals surface area contributed by atoms with Crippen molar-refractivity contribution >= 4 is 33.5 Å². The van der Waals surface area contributed by atoms with Crippen molar-refractivity contribution in [1.82, 2.24) is 14.8 Å². The highest BCUT2D eigenvalue weighted by molar-refractivity contribution is 9.10. The Kier molecular flexibility index (Phi) is 5.55. The van der Waals surface area contributed by atoms with Crippen molar-refractivity contribution in [2.75, 3.05) is 12.9 Å². The third-order valence-electron chi connectivity index (χ3n) is 3.68. The fraction of sp³-hybridized carbons (Fsp3) is 0.167. The second kappa shape index (κ2) is 7.84. The molecule has 0 radical (unpaired) electrons. The van der Waals surface area contributed by atoms with E-state index in [2.05, 4.69) is 26.1 Å². The summed E-state index contributed by atoms with van der Waals surface area (Å²) in [6, 6.07) is 15.0. The number of Topliss-reactive ketones (excluding diaryl/α,β-unsaturated/α-hetero) is 1. The molecule has 5 nitrogen and oxygen atoms in total. The summed E-state index contributed by atoms with van der Waals surface area (Å²) in [7, 11) is 3.53. The summed E-state index contributed by atoms with van der Waals surface area (Å²) >= 11 is 4.75. The largest absolute Gasteiger partial charge is 0.497 e. The van der Waals surface area contributed by atoms with Gasteiger partial charge in [0.25, 0.3) is 0 Å². The highest BCUT2D eigenvalue weighted by atomic mass is 79.9. The molecule has 0 saturated carbocycles. The third kappa shape index (κ3) is 4.11. The van der Waals surface area contributed by atoms with Gasteiger partial charge in [0.15, 0.2) is 16.8 Å². The normalized spacial score (nSPS) is 10.7. The standard InChI is InChI=1S/C18H16BrN3O2S/c1-22-17(13-5-9-15(24-2)10-6-13)20-21-18(22)25-11-16(23)12-3-7-14(19)8-4-12/h3-10H,11H2,1-2H3. The van der Waals surface area contributed by atoms with Gasteiger partial charge in [0.1, 0.15) is 5.75 Å². The number of hydrogen-bond donors (Lipinski definition) is 0. The Labute approximate surface area is 158 Å². The van der Waals surface area contributed by atoms with Crippen LogP contribution in [0, 0.1) is 0 Å². The van der Waals surface area contributed by atoms with Crippen LogP contribution in [0.1, 0.15) is 10.4 Å². The van der Waals surface area contributed by atoms with Gasteiger partial charge < -0.3 is 9.30 Å². The summed E-state index contributed by atoms with van der Waals surface area (Å²) in [6.45, 7) is 0. The van der Waals surface area contributed by atoms with Crippen LogP contribution in [-0.4, -0.2) is 33.4 Å². The quantitative estimate of drug-likeness (QED) is 0.443. The van der Waals surface area contributed by atoms with Gasteiger partial charge >= 0.3 is 0 Å². The number of aromatic nitrogens is 3. The first-order chi connectivity index (χ1) is 12.1. The maximum atomic E-state index is 12.3. The van der Waals surface area contributed by atoms with Crippen molar-refractivity contribution in [1.29, 1.82) is 0 Å². The van der Waals surface area contributed by atoms with Crippen LogP contribution in [0.2, 0.25) is 0 Å². The second-order valence-electron chi connectivity index (χ2n) is 5.31. The van der Waals surface area contributed by atoms with Gasteiger partial charge in [-0.15, -0.1) is 10.2 Å². The lowest BCUT2D eigenvalue weighted by atomic mass is 10.2. The molecule has 2 aromatic carbocycles. The van der Waals surface area contributed by atoms with Crippen LogP contribution in [0.25, 0.3) is 11.4 Å². The average Bonchev–Trinajstić information content (AvgIpc) is 3.01. The molecule has 0 aliphatic rings. The monoisotopic (exact) mass is 417 g/mol. The number of hydrogen-bond acceptors (Lipinski definition) is 5. The Morgan fingerprint density at radius 3 is 2.44 bits per heavy atom. The summed E-state index contributed by atoms with van der Waals surface area (Å²) < 4.78 is 8.01. The molecule has 0 atom stereocenters. The van der Waals surface area contributed by atoms with Crippen LogP contribution in [0.15, 0.2) is 58.2 Å². The van der Waals surface area contributed by atoms with Crippen molar-refractivity contribution in [2.24, 2.45) is 7.05 Å². The van der Waals surface area contributed by atoms with Crippen LogP contribution in [0.5, 0.6) is 5.75 Å². The molecule has 25 heavy (non-hydrogen) atoms. The van der Waals surface area contributed by atoms with E-state index in [9.17, 15) is 4.79 Å². The summed E-state index contributed by atoms with van der Waals surface area (Å²) in [5, 5.41) is 9.14. The van der Waals surface area contributed by atoms with Crippen LogP contribution in [0.3, 0.4) is 0 Å². The first kappa shape index (κ1) is 17.7. The molecular weight excluding hydrogens is 402 g/mol. The summed E-state index contributed by atoms with van der Waals surface area (Å²) in [4.78, 5) is 12.3. The molecule has 128 valence electrons. The van der Waals surface area contributed by atoms with E-state index >= 15 is 0 Å². The van der Waals surface area contributed by atoms with E-state index in [-0.39, 0.29) is 5.78 Å². The molecule has 0 aliphatic heterocycles. The average molecular weight is 418 g/mol. The van der Waals surface area contributed by atoms with E-state index in [0.717, 1.165) is 21.6 Å². The zero-order chi connectivity index (χ0) is 17.8. The lowest BCUT2D eigenvalue weighted by Crippen LogP contribution is -2.03. The predicted octanol–water partition coefficient (Wildman–Crippen LogP) is 4.23. The molecule has 0 spiro atoms. The number of ketones is 1. The smallest absolute Gasteiger partial charge is 0.191 e. The van der Waals surface area contributed by atoms with Crippen LogP contribution < -0.4 is 4.74 Å². The van der Waals surface area contributed by atoms with Gasteiger partial charge in [0.2, 0.25) is 0 Å². The maximum Gasteiger partial charge on any atom is 0.191 e. The lowest BCUT2D eigenvalue weighted by molar-refractivity contribution is 0.102. The molecule has 0 fully saturated rings. The van der Waals surface area contributed by atoms with E-state index in [1.54, 1.807) is 7.11 Å². The van der Waals surface area contributed by atoms with Crippen molar-refractivity contribution in [3.63, 3.8) is 0 Å².